The van der Waals surface area contributed by atoms with Crippen LogP contribution in [0.3, 0.4) is 0 Å². The summed E-state index contributed by atoms with van der Waals surface area (Å²) < 4.78 is 11.4. The topological polar surface area (TPSA) is 44.5 Å². The van der Waals surface area contributed by atoms with Crippen LogP contribution in [0.25, 0.3) is 0 Å². The molecule has 1 aliphatic carbocycles. The SMILES string of the molecule is CCOc1c(Cl)cc(COCC2CC2)cc1CC(N)CC. The average Bonchev–Trinajstić information content (AvgIpc) is 3.26. The molecule has 1 fully saturated rings. The molecule has 0 radical (unpaired) electrons. The molecular formula is C17H26ClNO2. The monoisotopic (exact) mass is 311 g/mol. The molecule has 4 heteroatoms. The Hall–Kier alpha value is -0.770. The Morgan fingerprint density at radius 1 is 1.33 bits per heavy atom. The number of halogens is 1. The minimum atomic E-state index is 0.128. The smallest absolute Gasteiger partial charge is 0.141 e. The predicted molar refractivity (Wildman–Crippen MR) is 87.0 cm³/mol. The predicted octanol–water partition coefficient (Wildman–Crippen LogP) is 3.95. The van der Waals surface area contributed by atoms with Crippen LogP contribution in [-0.2, 0) is 17.8 Å². The van der Waals surface area contributed by atoms with Crippen molar-refractivity contribution in [1.29, 1.82) is 0 Å². The Morgan fingerprint density at radius 2 is 2.10 bits per heavy atom. The second-order valence-corrected chi connectivity index (χ2v) is 6.24. The minimum absolute atomic E-state index is 0.128. The number of hydrogen-bond acceptors (Lipinski definition) is 3. The summed E-state index contributed by atoms with van der Waals surface area (Å²) >= 11 is 6.37. The van der Waals surface area contributed by atoms with Gasteiger partial charge in [-0.2, -0.15) is 0 Å². The van der Waals surface area contributed by atoms with E-state index >= 15 is 0 Å². The van der Waals surface area contributed by atoms with E-state index in [-0.39, 0.29) is 6.04 Å². The molecule has 1 saturated carbocycles. The highest BCUT2D eigenvalue weighted by Crippen LogP contribution is 2.33. The lowest BCUT2D eigenvalue weighted by atomic mass is 10.0. The third-order valence-corrected chi connectivity index (χ3v) is 4.08. The Morgan fingerprint density at radius 3 is 2.71 bits per heavy atom. The molecule has 0 aromatic heterocycles. The highest BCUT2D eigenvalue weighted by Gasteiger charge is 2.21. The molecule has 0 spiro atoms. The summed E-state index contributed by atoms with van der Waals surface area (Å²) in [5.41, 5.74) is 8.27. The first kappa shape index (κ1) is 16.6. The lowest BCUT2D eigenvalue weighted by Crippen LogP contribution is -2.22. The molecule has 0 heterocycles. The lowest BCUT2D eigenvalue weighted by Gasteiger charge is -2.17. The summed E-state index contributed by atoms with van der Waals surface area (Å²) in [6, 6.07) is 4.20. The molecule has 2 N–H and O–H groups in total. The van der Waals surface area contributed by atoms with Crippen LogP contribution >= 0.6 is 11.6 Å². The Labute approximate surface area is 132 Å². The Balaban J connectivity index is 2.09. The third kappa shape index (κ3) is 5.17. The fraction of sp³-hybridized carbons (Fsp3) is 0.647. The quantitative estimate of drug-likeness (QED) is 0.751. The summed E-state index contributed by atoms with van der Waals surface area (Å²) in [5.74, 6) is 1.55. The maximum Gasteiger partial charge on any atom is 0.141 e. The van der Waals surface area contributed by atoms with Gasteiger partial charge in [-0.1, -0.05) is 18.5 Å². The Bertz CT molecular complexity index is 460. The van der Waals surface area contributed by atoms with E-state index in [0.717, 1.165) is 42.2 Å². The average molecular weight is 312 g/mol. The van der Waals surface area contributed by atoms with Gasteiger partial charge in [-0.3, -0.25) is 0 Å². The fourth-order valence-corrected chi connectivity index (χ4v) is 2.62. The van der Waals surface area contributed by atoms with Gasteiger partial charge in [0.1, 0.15) is 5.75 Å². The number of ether oxygens (including phenoxy) is 2. The minimum Gasteiger partial charge on any atom is -0.492 e. The maximum absolute atomic E-state index is 6.37. The summed E-state index contributed by atoms with van der Waals surface area (Å²) in [5, 5.41) is 0.655. The second kappa shape index (κ2) is 8.02. The number of benzene rings is 1. The molecule has 1 unspecified atom stereocenters. The van der Waals surface area contributed by atoms with Crippen molar-refractivity contribution in [1.82, 2.24) is 0 Å². The van der Waals surface area contributed by atoms with Crippen LogP contribution < -0.4 is 10.5 Å². The lowest BCUT2D eigenvalue weighted by molar-refractivity contribution is 0.111. The summed E-state index contributed by atoms with van der Waals surface area (Å²) in [6.45, 7) is 6.12. The molecule has 1 aliphatic rings. The van der Waals surface area contributed by atoms with Gasteiger partial charge in [-0.05, 0) is 61.8 Å². The zero-order valence-electron chi connectivity index (χ0n) is 13.0. The molecule has 1 aromatic carbocycles. The van der Waals surface area contributed by atoms with Crippen molar-refractivity contribution in [2.75, 3.05) is 13.2 Å². The highest BCUT2D eigenvalue weighted by atomic mass is 35.5. The normalized spacial score (nSPS) is 16.0. The first-order chi connectivity index (χ1) is 10.1. The van der Waals surface area contributed by atoms with Crippen LogP contribution in [0.1, 0.15) is 44.2 Å². The van der Waals surface area contributed by atoms with Crippen molar-refractivity contribution < 1.29 is 9.47 Å². The number of hydrogen-bond donors (Lipinski definition) is 1. The van der Waals surface area contributed by atoms with E-state index in [0.29, 0.717) is 18.2 Å². The van der Waals surface area contributed by atoms with Crippen molar-refractivity contribution in [3.05, 3.63) is 28.3 Å². The zero-order chi connectivity index (χ0) is 15.2. The van der Waals surface area contributed by atoms with Gasteiger partial charge in [0.25, 0.3) is 0 Å². The van der Waals surface area contributed by atoms with E-state index in [9.17, 15) is 0 Å². The zero-order valence-corrected chi connectivity index (χ0v) is 13.8. The van der Waals surface area contributed by atoms with E-state index in [4.69, 9.17) is 26.8 Å². The Kier molecular flexibility index (Phi) is 6.34. The molecule has 2 rings (SSSR count). The molecule has 1 aromatic rings. The summed E-state index contributed by atoms with van der Waals surface area (Å²) in [7, 11) is 0. The van der Waals surface area contributed by atoms with Crippen molar-refractivity contribution in [3.63, 3.8) is 0 Å². The van der Waals surface area contributed by atoms with Gasteiger partial charge in [0.05, 0.1) is 18.2 Å². The van der Waals surface area contributed by atoms with Gasteiger partial charge < -0.3 is 15.2 Å². The van der Waals surface area contributed by atoms with Crippen molar-refractivity contribution in [3.8, 4) is 5.75 Å². The van der Waals surface area contributed by atoms with E-state index < -0.39 is 0 Å². The van der Waals surface area contributed by atoms with E-state index in [2.05, 4.69) is 13.0 Å². The van der Waals surface area contributed by atoms with Crippen LogP contribution in [0.2, 0.25) is 5.02 Å². The summed E-state index contributed by atoms with van der Waals surface area (Å²) in [6.07, 6.45) is 4.33. The van der Waals surface area contributed by atoms with Crippen LogP contribution in [0.5, 0.6) is 5.75 Å². The fourth-order valence-electron chi connectivity index (χ4n) is 2.31. The number of rotatable bonds is 9. The van der Waals surface area contributed by atoms with E-state index in [1.165, 1.54) is 12.8 Å². The van der Waals surface area contributed by atoms with Gasteiger partial charge in [-0.25, -0.2) is 0 Å². The maximum atomic E-state index is 6.37. The van der Waals surface area contributed by atoms with Crippen LogP contribution in [-0.4, -0.2) is 19.3 Å². The molecule has 21 heavy (non-hydrogen) atoms. The molecule has 118 valence electrons. The first-order valence-electron chi connectivity index (χ1n) is 7.91. The number of nitrogens with two attached hydrogens (primary N) is 1. The molecule has 0 saturated heterocycles. The van der Waals surface area contributed by atoms with Crippen molar-refractivity contribution in [2.24, 2.45) is 11.7 Å². The van der Waals surface area contributed by atoms with Gasteiger partial charge in [0.15, 0.2) is 0 Å². The first-order valence-corrected chi connectivity index (χ1v) is 8.29. The largest absolute Gasteiger partial charge is 0.492 e. The molecule has 0 amide bonds. The third-order valence-electron chi connectivity index (χ3n) is 3.79. The van der Waals surface area contributed by atoms with Gasteiger partial charge in [-0.15, -0.1) is 0 Å². The van der Waals surface area contributed by atoms with Gasteiger partial charge in [0, 0.05) is 12.6 Å². The highest BCUT2D eigenvalue weighted by molar-refractivity contribution is 6.32. The molecule has 3 nitrogen and oxygen atoms in total. The molecular weight excluding hydrogens is 286 g/mol. The van der Waals surface area contributed by atoms with Gasteiger partial charge >= 0.3 is 0 Å². The molecule has 1 atom stereocenters. The van der Waals surface area contributed by atoms with E-state index in [1.807, 2.05) is 13.0 Å². The standard InChI is InChI=1S/C17H26ClNO2/c1-3-15(19)9-14-7-13(11-20-10-12-5-6-12)8-16(18)17(14)21-4-2/h7-8,12,15H,3-6,9-11,19H2,1-2H3. The molecule has 0 bridgehead atoms. The summed E-state index contributed by atoms with van der Waals surface area (Å²) in [4.78, 5) is 0. The van der Waals surface area contributed by atoms with Gasteiger partial charge in [0.2, 0.25) is 0 Å². The van der Waals surface area contributed by atoms with Crippen molar-refractivity contribution >= 4 is 11.6 Å². The van der Waals surface area contributed by atoms with Crippen molar-refractivity contribution in [2.45, 2.75) is 52.2 Å². The van der Waals surface area contributed by atoms with E-state index in [1.54, 1.807) is 0 Å². The second-order valence-electron chi connectivity index (χ2n) is 5.83. The van der Waals surface area contributed by atoms with Crippen LogP contribution in [0, 0.1) is 5.92 Å². The van der Waals surface area contributed by atoms with Crippen LogP contribution in [0.4, 0.5) is 0 Å². The van der Waals surface area contributed by atoms with Crippen LogP contribution in [0.15, 0.2) is 12.1 Å². The molecule has 0 aliphatic heterocycles.